The Morgan fingerprint density at radius 1 is 1.27 bits per heavy atom. The molecule has 0 aromatic heterocycles. The van der Waals surface area contributed by atoms with Crippen LogP contribution in [0.3, 0.4) is 0 Å². The smallest absolute Gasteiger partial charge is 0.0956 e. The molecular formula is C12H20ClNO. The van der Waals surface area contributed by atoms with Gasteiger partial charge in [0.15, 0.2) is 0 Å². The van der Waals surface area contributed by atoms with E-state index in [4.69, 9.17) is 16.7 Å². The van der Waals surface area contributed by atoms with Gasteiger partial charge in [-0.15, -0.1) is 0 Å². The minimum atomic E-state index is 0.225. The van der Waals surface area contributed by atoms with Crippen LogP contribution >= 0.6 is 11.6 Å². The second kappa shape index (κ2) is 5.33. The highest BCUT2D eigenvalue weighted by atomic mass is 35.5. The Morgan fingerprint density at radius 2 is 2.00 bits per heavy atom. The molecule has 0 saturated carbocycles. The van der Waals surface area contributed by atoms with Crippen LogP contribution in [0.1, 0.15) is 32.1 Å². The molecule has 15 heavy (non-hydrogen) atoms. The van der Waals surface area contributed by atoms with E-state index in [-0.39, 0.29) is 6.73 Å². The van der Waals surface area contributed by atoms with Crippen molar-refractivity contribution in [3.05, 3.63) is 11.1 Å². The van der Waals surface area contributed by atoms with Crippen LogP contribution in [0.2, 0.25) is 0 Å². The van der Waals surface area contributed by atoms with Gasteiger partial charge in [0.25, 0.3) is 0 Å². The van der Waals surface area contributed by atoms with E-state index in [1.54, 1.807) is 0 Å². The van der Waals surface area contributed by atoms with Crippen molar-refractivity contribution in [1.82, 2.24) is 4.90 Å². The zero-order chi connectivity index (χ0) is 10.7. The molecule has 1 N–H and O–H groups in total. The van der Waals surface area contributed by atoms with E-state index < -0.39 is 0 Å². The Labute approximate surface area is 96.9 Å². The average molecular weight is 230 g/mol. The molecule has 0 amide bonds. The van der Waals surface area contributed by atoms with Crippen LogP contribution < -0.4 is 0 Å². The molecule has 0 radical (unpaired) electrons. The van der Waals surface area contributed by atoms with Crippen molar-refractivity contribution in [3.8, 4) is 0 Å². The van der Waals surface area contributed by atoms with Crippen molar-refractivity contribution in [3.63, 3.8) is 0 Å². The number of hydrogen-bond donors (Lipinski definition) is 1. The Bertz CT molecular complexity index is 234. The second-order valence-corrected chi connectivity index (χ2v) is 5.27. The molecule has 2 aliphatic rings. The molecule has 0 spiro atoms. The highest BCUT2D eigenvalue weighted by Crippen LogP contribution is 2.35. The van der Waals surface area contributed by atoms with Gasteiger partial charge in [-0.1, -0.05) is 17.7 Å². The van der Waals surface area contributed by atoms with E-state index >= 15 is 0 Å². The van der Waals surface area contributed by atoms with Crippen LogP contribution in [-0.2, 0) is 0 Å². The number of hydrogen-bond acceptors (Lipinski definition) is 2. The standard InChI is InChI=1S/C12H20ClNO/c13-12-3-1-10(2-4-12)11-5-7-14(9-15)8-6-11/h3,10-11,15H,1-2,4-9H2. The third kappa shape index (κ3) is 2.96. The number of allylic oxidation sites excluding steroid dienone is 2. The molecule has 1 aliphatic heterocycles. The van der Waals surface area contributed by atoms with Crippen LogP contribution in [0.5, 0.6) is 0 Å². The van der Waals surface area contributed by atoms with Crippen LogP contribution in [0.15, 0.2) is 11.1 Å². The van der Waals surface area contributed by atoms with Crippen molar-refractivity contribution < 1.29 is 5.11 Å². The van der Waals surface area contributed by atoms with Gasteiger partial charge in [0.05, 0.1) is 6.73 Å². The number of piperidine rings is 1. The maximum Gasteiger partial charge on any atom is 0.0956 e. The first-order valence-corrected chi connectivity index (χ1v) is 6.35. The van der Waals surface area contributed by atoms with Crippen LogP contribution in [0.4, 0.5) is 0 Å². The normalized spacial score (nSPS) is 30.3. The summed E-state index contributed by atoms with van der Waals surface area (Å²) in [6.45, 7) is 2.35. The first-order chi connectivity index (χ1) is 7.29. The molecule has 2 rings (SSSR count). The minimum absolute atomic E-state index is 0.225. The van der Waals surface area contributed by atoms with Crippen LogP contribution in [0.25, 0.3) is 0 Å². The van der Waals surface area contributed by atoms with E-state index in [0.717, 1.165) is 36.4 Å². The van der Waals surface area contributed by atoms with Gasteiger partial charge in [0, 0.05) is 18.1 Å². The summed E-state index contributed by atoms with van der Waals surface area (Å²) in [5.41, 5.74) is 0. The molecule has 1 atom stereocenters. The molecule has 1 fully saturated rings. The molecule has 3 heteroatoms. The minimum Gasteiger partial charge on any atom is -0.381 e. The molecule has 86 valence electrons. The van der Waals surface area contributed by atoms with Crippen molar-refractivity contribution in [2.24, 2.45) is 11.8 Å². The highest BCUT2D eigenvalue weighted by molar-refractivity contribution is 6.29. The predicted molar refractivity (Wildman–Crippen MR) is 62.7 cm³/mol. The molecule has 0 aromatic carbocycles. The summed E-state index contributed by atoms with van der Waals surface area (Å²) in [4.78, 5) is 2.13. The van der Waals surface area contributed by atoms with E-state index in [1.807, 2.05) is 0 Å². The van der Waals surface area contributed by atoms with Gasteiger partial charge in [-0.3, -0.25) is 4.90 Å². The monoisotopic (exact) mass is 229 g/mol. The Hall–Kier alpha value is -0.0500. The van der Waals surface area contributed by atoms with E-state index in [1.165, 1.54) is 25.7 Å². The number of rotatable bonds is 2. The van der Waals surface area contributed by atoms with Gasteiger partial charge >= 0.3 is 0 Å². The molecule has 1 aliphatic carbocycles. The van der Waals surface area contributed by atoms with Gasteiger partial charge in [-0.05, 0) is 43.9 Å². The zero-order valence-electron chi connectivity index (χ0n) is 9.16. The fourth-order valence-electron chi connectivity index (χ4n) is 2.82. The highest BCUT2D eigenvalue weighted by Gasteiger charge is 2.26. The lowest BCUT2D eigenvalue weighted by molar-refractivity contribution is 0.0592. The lowest BCUT2D eigenvalue weighted by atomic mass is 9.78. The molecule has 0 aromatic rings. The third-order valence-electron chi connectivity index (χ3n) is 3.89. The summed E-state index contributed by atoms with van der Waals surface area (Å²) in [7, 11) is 0. The summed E-state index contributed by atoms with van der Waals surface area (Å²) < 4.78 is 0. The van der Waals surface area contributed by atoms with E-state index in [0.29, 0.717) is 0 Å². The van der Waals surface area contributed by atoms with Crippen molar-refractivity contribution in [2.75, 3.05) is 19.8 Å². The summed E-state index contributed by atoms with van der Waals surface area (Å²) in [6.07, 6.45) is 8.20. The average Bonchev–Trinajstić information content (AvgIpc) is 2.30. The predicted octanol–water partition coefficient (Wildman–Crippen LogP) is 2.57. The van der Waals surface area contributed by atoms with Gasteiger partial charge in [0.2, 0.25) is 0 Å². The number of aliphatic hydroxyl groups is 1. The summed E-state index contributed by atoms with van der Waals surface area (Å²) in [5, 5.41) is 10.1. The molecule has 2 nitrogen and oxygen atoms in total. The maximum atomic E-state index is 9.02. The quantitative estimate of drug-likeness (QED) is 0.787. The first kappa shape index (κ1) is 11.4. The Balaban J connectivity index is 1.81. The SMILES string of the molecule is OCN1CCC(C2CC=C(Cl)CC2)CC1. The third-order valence-corrected chi connectivity index (χ3v) is 4.24. The van der Waals surface area contributed by atoms with Crippen molar-refractivity contribution >= 4 is 11.6 Å². The summed E-state index contributed by atoms with van der Waals surface area (Å²) in [5.74, 6) is 1.70. The summed E-state index contributed by atoms with van der Waals surface area (Å²) >= 11 is 5.99. The lowest BCUT2D eigenvalue weighted by Crippen LogP contribution is -2.36. The zero-order valence-corrected chi connectivity index (χ0v) is 9.92. The van der Waals surface area contributed by atoms with Crippen molar-refractivity contribution in [1.29, 1.82) is 0 Å². The van der Waals surface area contributed by atoms with E-state index in [9.17, 15) is 0 Å². The van der Waals surface area contributed by atoms with Gasteiger partial charge < -0.3 is 5.11 Å². The first-order valence-electron chi connectivity index (χ1n) is 5.97. The summed E-state index contributed by atoms with van der Waals surface area (Å²) in [6, 6.07) is 0. The number of halogens is 1. The van der Waals surface area contributed by atoms with Crippen molar-refractivity contribution in [2.45, 2.75) is 32.1 Å². The van der Waals surface area contributed by atoms with Gasteiger partial charge in [-0.25, -0.2) is 0 Å². The molecular weight excluding hydrogens is 210 g/mol. The number of aliphatic hydroxyl groups excluding tert-OH is 1. The van der Waals surface area contributed by atoms with Crippen LogP contribution in [-0.4, -0.2) is 29.8 Å². The van der Waals surface area contributed by atoms with Gasteiger partial charge in [-0.2, -0.15) is 0 Å². The largest absolute Gasteiger partial charge is 0.381 e. The molecule has 1 saturated heterocycles. The van der Waals surface area contributed by atoms with Crippen LogP contribution in [0, 0.1) is 11.8 Å². The molecule has 1 unspecified atom stereocenters. The number of likely N-dealkylation sites (tertiary alicyclic amines) is 1. The molecule has 0 bridgehead atoms. The van der Waals surface area contributed by atoms with Gasteiger partial charge in [0.1, 0.15) is 0 Å². The second-order valence-electron chi connectivity index (χ2n) is 4.78. The van der Waals surface area contributed by atoms with E-state index in [2.05, 4.69) is 11.0 Å². The fourth-order valence-corrected chi connectivity index (χ4v) is 3.01. The lowest BCUT2D eigenvalue weighted by Gasteiger charge is -2.36. The maximum absolute atomic E-state index is 9.02. The Morgan fingerprint density at radius 3 is 2.53 bits per heavy atom. The topological polar surface area (TPSA) is 23.5 Å². The fraction of sp³-hybridized carbons (Fsp3) is 0.833. The number of nitrogens with zero attached hydrogens (tertiary/aromatic N) is 1. The Kier molecular flexibility index (Phi) is 4.06. The molecule has 1 heterocycles.